The van der Waals surface area contributed by atoms with Gasteiger partial charge in [-0.1, -0.05) is 6.07 Å². The van der Waals surface area contributed by atoms with Crippen LogP contribution in [-0.4, -0.2) is 50.5 Å². The number of alkyl halides is 3. The lowest BCUT2D eigenvalue weighted by molar-refractivity contribution is -0.153. The largest absolute Gasteiger partial charge is 0.493 e. The number of nitrogens with one attached hydrogen (secondary N) is 1. The number of benzene rings is 1. The molecule has 1 aromatic carbocycles. The van der Waals surface area contributed by atoms with E-state index in [1.807, 2.05) is 0 Å². The molecule has 1 aromatic rings. The molecule has 132 valence electrons. The highest BCUT2D eigenvalue weighted by Crippen LogP contribution is 2.30. The molecule has 0 radical (unpaired) electrons. The lowest BCUT2D eigenvalue weighted by atomic mass is 10.1. The highest BCUT2D eigenvalue weighted by Gasteiger charge is 2.29. The van der Waals surface area contributed by atoms with Crippen LogP contribution in [0, 0.1) is 0 Å². The van der Waals surface area contributed by atoms with Crippen LogP contribution in [0.25, 0.3) is 0 Å². The van der Waals surface area contributed by atoms with Gasteiger partial charge in [0.2, 0.25) is 0 Å². The Kier molecular flexibility index (Phi) is 7.44. The molecule has 1 heterocycles. The van der Waals surface area contributed by atoms with Crippen molar-refractivity contribution in [1.29, 1.82) is 0 Å². The minimum Gasteiger partial charge on any atom is -0.493 e. The van der Waals surface area contributed by atoms with Gasteiger partial charge >= 0.3 is 6.18 Å². The Morgan fingerprint density at radius 2 is 2.04 bits per heavy atom. The van der Waals surface area contributed by atoms with E-state index < -0.39 is 12.8 Å². The van der Waals surface area contributed by atoms with Crippen molar-refractivity contribution < 1.29 is 22.6 Å². The number of methoxy groups -OCH3 is 1. The van der Waals surface area contributed by atoms with Gasteiger partial charge in [-0.05, 0) is 24.6 Å². The van der Waals surface area contributed by atoms with Crippen LogP contribution in [0.5, 0.6) is 11.5 Å². The number of rotatable bonds is 5. The molecule has 0 bridgehead atoms. The van der Waals surface area contributed by atoms with Crippen molar-refractivity contribution in [3.63, 3.8) is 0 Å². The van der Waals surface area contributed by atoms with Crippen molar-refractivity contribution in [1.82, 2.24) is 10.2 Å². The molecule has 2 rings (SSSR count). The summed E-state index contributed by atoms with van der Waals surface area (Å²) in [4.78, 5) is 2.30. The lowest BCUT2D eigenvalue weighted by Gasteiger charge is -2.31. The highest BCUT2D eigenvalue weighted by atomic mass is 35.5. The van der Waals surface area contributed by atoms with Gasteiger partial charge in [0.05, 0.1) is 7.11 Å². The maximum atomic E-state index is 12.2. The second kappa shape index (κ2) is 8.61. The summed E-state index contributed by atoms with van der Waals surface area (Å²) in [6, 6.07) is 5.48. The summed E-state index contributed by atoms with van der Waals surface area (Å²) >= 11 is 0. The molecule has 1 fully saturated rings. The Morgan fingerprint density at radius 3 is 2.65 bits per heavy atom. The summed E-state index contributed by atoms with van der Waals surface area (Å²) in [5.41, 5.74) is 0.991. The summed E-state index contributed by atoms with van der Waals surface area (Å²) in [6.07, 6.45) is -4.36. The molecule has 0 unspecified atom stereocenters. The van der Waals surface area contributed by atoms with Gasteiger partial charge in [0, 0.05) is 32.2 Å². The third kappa shape index (κ3) is 6.45. The number of ether oxygens (including phenoxy) is 2. The van der Waals surface area contributed by atoms with E-state index in [-0.39, 0.29) is 18.2 Å². The fourth-order valence-corrected chi connectivity index (χ4v) is 2.50. The fourth-order valence-electron chi connectivity index (χ4n) is 2.50. The predicted molar refractivity (Wildman–Crippen MR) is 84.5 cm³/mol. The summed E-state index contributed by atoms with van der Waals surface area (Å²) in [5, 5.41) is 3.37. The third-order valence-corrected chi connectivity index (χ3v) is 3.48. The number of halogens is 4. The minimum atomic E-state index is -4.36. The maximum absolute atomic E-state index is 12.2. The Morgan fingerprint density at radius 1 is 1.30 bits per heavy atom. The van der Waals surface area contributed by atoms with Crippen molar-refractivity contribution in [2.45, 2.75) is 25.7 Å². The van der Waals surface area contributed by atoms with Gasteiger partial charge in [-0.3, -0.25) is 4.90 Å². The van der Waals surface area contributed by atoms with Gasteiger partial charge in [0.25, 0.3) is 0 Å². The molecular formula is C15H22ClF3N2O2. The Bertz CT molecular complexity index is 500. The molecule has 1 aliphatic heterocycles. The second-order valence-electron chi connectivity index (χ2n) is 5.48. The number of piperazine rings is 1. The van der Waals surface area contributed by atoms with E-state index in [0.29, 0.717) is 11.8 Å². The van der Waals surface area contributed by atoms with E-state index in [1.54, 1.807) is 12.1 Å². The first kappa shape index (κ1) is 19.9. The monoisotopic (exact) mass is 354 g/mol. The topological polar surface area (TPSA) is 33.7 Å². The molecule has 1 saturated heterocycles. The van der Waals surface area contributed by atoms with E-state index in [0.717, 1.165) is 31.7 Å². The van der Waals surface area contributed by atoms with Crippen molar-refractivity contribution in [2.75, 3.05) is 33.4 Å². The molecular weight excluding hydrogens is 333 g/mol. The predicted octanol–water partition coefficient (Wildman–Crippen LogP) is 2.85. The molecule has 1 N–H and O–H groups in total. The van der Waals surface area contributed by atoms with E-state index in [4.69, 9.17) is 9.47 Å². The van der Waals surface area contributed by atoms with Gasteiger partial charge in [0.1, 0.15) is 0 Å². The SMILES string of the molecule is COc1cc(CN2CCN[C@H](C)C2)ccc1OCC(F)(F)F.Cl. The van der Waals surface area contributed by atoms with Crippen LogP contribution in [0.1, 0.15) is 12.5 Å². The first-order valence-corrected chi connectivity index (χ1v) is 7.19. The van der Waals surface area contributed by atoms with Crippen LogP contribution in [0.15, 0.2) is 18.2 Å². The van der Waals surface area contributed by atoms with E-state index in [2.05, 4.69) is 17.1 Å². The van der Waals surface area contributed by atoms with E-state index >= 15 is 0 Å². The Labute approximate surface area is 140 Å². The van der Waals surface area contributed by atoms with Crippen molar-refractivity contribution in [3.05, 3.63) is 23.8 Å². The lowest BCUT2D eigenvalue weighted by Crippen LogP contribution is -2.48. The summed E-state index contributed by atoms with van der Waals surface area (Å²) in [6.45, 7) is 4.36. The van der Waals surface area contributed by atoms with Crippen LogP contribution >= 0.6 is 12.4 Å². The molecule has 0 amide bonds. The van der Waals surface area contributed by atoms with Gasteiger partial charge in [0.15, 0.2) is 18.1 Å². The quantitative estimate of drug-likeness (QED) is 0.881. The maximum Gasteiger partial charge on any atom is 0.422 e. The molecule has 0 spiro atoms. The van der Waals surface area contributed by atoms with Crippen LogP contribution in [0.3, 0.4) is 0 Å². The summed E-state index contributed by atoms with van der Waals surface area (Å²) in [5.74, 6) is 0.433. The number of hydrogen-bond acceptors (Lipinski definition) is 4. The van der Waals surface area contributed by atoms with Gasteiger partial charge in [-0.15, -0.1) is 12.4 Å². The zero-order valence-electron chi connectivity index (χ0n) is 13.2. The van der Waals surface area contributed by atoms with Crippen LogP contribution < -0.4 is 14.8 Å². The van der Waals surface area contributed by atoms with Gasteiger partial charge < -0.3 is 14.8 Å². The normalized spacial score (nSPS) is 19.1. The third-order valence-electron chi connectivity index (χ3n) is 3.48. The molecule has 0 aliphatic carbocycles. The molecule has 1 aliphatic rings. The zero-order valence-corrected chi connectivity index (χ0v) is 14.0. The van der Waals surface area contributed by atoms with Gasteiger partial charge in [-0.25, -0.2) is 0 Å². The standard InChI is InChI=1S/C15H21F3N2O2.ClH/c1-11-8-20(6-5-19-11)9-12-3-4-13(14(7-12)21-2)22-10-15(16,17)18;/h3-4,7,11,19H,5-6,8-10H2,1-2H3;1H/t11-;/m1./s1. The molecule has 0 aromatic heterocycles. The average Bonchev–Trinajstić information content (AvgIpc) is 2.45. The number of hydrogen-bond donors (Lipinski definition) is 1. The molecule has 4 nitrogen and oxygen atoms in total. The van der Waals surface area contributed by atoms with E-state index in [1.165, 1.54) is 13.2 Å². The minimum absolute atomic E-state index is 0. The smallest absolute Gasteiger partial charge is 0.422 e. The zero-order chi connectivity index (χ0) is 16.2. The fraction of sp³-hybridized carbons (Fsp3) is 0.600. The van der Waals surface area contributed by atoms with E-state index in [9.17, 15) is 13.2 Å². The van der Waals surface area contributed by atoms with Gasteiger partial charge in [-0.2, -0.15) is 13.2 Å². The van der Waals surface area contributed by atoms with Crippen LogP contribution in [0.4, 0.5) is 13.2 Å². The first-order valence-electron chi connectivity index (χ1n) is 7.19. The Balaban J connectivity index is 0.00000264. The first-order chi connectivity index (χ1) is 10.4. The van der Waals surface area contributed by atoms with Crippen LogP contribution in [-0.2, 0) is 6.54 Å². The molecule has 23 heavy (non-hydrogen) atoms. The highest BCUT2D eigenvalue weighted by molar-refractivity contribution is 5.85. The van der Waals surface area contributed by atoms with Crippen molar-refractivity contribution >= 4 is 12.4 Å². The summed E-state index contributed by atoms with van der Waals surface area (Å²) < 4.78 is 46.6. The molecule has 1 atom stereocenters. The second-order valence-corrected chi connectivity index (χ2v) is 5.48. The Hall–Kier alpha value is -1.18. The number of nitrogens with zero attached hydrogens (tertiary/aromatic N) is 1. The van der Waals surface area contributed by atoms with Crippen LogP contribution in [0.2, 0.25) is 0 Å². The molecule has 0 saturated carbocycles. The molecule has 8 heteroatoms. The van der Waals surface area contributed by atoms with Crippen molar-refractivity contribution in [2.24, 2.45) is 0 Å². The average molecular weight is 355 g/mol. The summed E-state index contributed by atoms with van der Waals surface area (Å²) in [7, 11) is 1.42. The van der Waals surface area contributed by atoms with Crippen molar-refractivity contribution in [3.8, 4) is 11.5 Å².